The molecule has 22 heavy (non-hydrogen) atoms. The Morgan fingerprint density at radius 1 is 1.27 bits per heavy atom. The van der Waals surface area contributed by atoms with Crippen molar-refractivity contribution in [3.63, 3.8) is 0 Å². The molecule has 2 saturated carbocycles. The van der Waals surface area contributed by atoms with Gasteiger partial charge in [0.05, 0.1) is 6.10 Å². The summed E-state index contributed by atoms with van der Waals surface area (Å²) in [6.07, 6.45) is 5.13. The number of aliphatic carboxylic acids is 1. The molecule has 1 saturated heterocycles. The molecule has 3 aliphatic rings. The number of rotatable bonds is 5. The first-order chi connectivity index (χ1) is 10.6. The van der Waals surface area contributed by atoms with E-state index in [9.17, 15) is 9.59 Å². The normalized spacial score (nSPS) is 36.2. The number of hydrogen-bond donors (Lipinski definition) is 2. The lowest BCUT2D eigenvalue weighted by atomic mass is 9.60. The van der Waals surface area contributed by atoms with Gasteiger partial charge in [-0.15, -0.1) is 0 Å². The molecule has 2 N–H and O–H groups in total. The van der Waals surface area contributed by atoms with E-state index >= 15 is 0 Å². The second-order valence-electron chi connectivity index (χ2n) is 6.71. The zero-order valence-corrected chi connectivity index (χ0v) is 13.0. The van der Waals surface area contributed by atoms with Crippen LogP contribution in [0.15, 0.2) is 0 Å². The van der Waals surface area contributed by atoms with Crippen molar-refractivity contribution in [3.8, 4) is 0 Å². The standard InChI is InChI=1S/C16H25NO5/c1-2-21-13-9-12(16(13)7-3-4-8-16)17-14(18)10-5-6-11(22-10)15(19)20/h10-13H,2-9H2,1H3,(H,17,18)(H,19,20)/t10-,11+,12?,13?/m0/s1. The Labute approximate surface area is 130 Å². The maximum Gasteiger partial charge on any atom is 0.332 e. The van der Waals surface area contributed by atoms with Gasteiger partial charge in [-0.25, -0.2) is 4.79 Å². The lowest BCUT2D eigenvalue weighted by molar-refractivity contribution is -0.156. The summed E-state index contributed by atoms with van der Waals surface area (Å²) >= 11 is 0. The minimum absolute atomic E-state index is 0.0937. The van der Waals surface area contributed by atoms with Crippen LogP contribution in [0.4, 0.5) is 0 Å². The van der Waals surface area contributed by atoms with Crippen LogP contribution in [-0.4, -0.2) is 47.9 Å². The zero-order valence-electron chi connectivity index (χ0n) is 13.0. The molecular formula is C16H25NO5. The van der Waals surface area contributed by atoms with Crippen molar-refractivity contribution in [1.82, 2.24) is 5.32 Å². The van der Waals surface area contributed by atoms with Gasteiger partial charge in [0, 0.05) is 18.1 Å². The molecule has 0 aromatic heterocycles. The minimum Gasteiger partial charge on any atom is -0.479 e. The molecule has 0 aromatic rings. The summed E-state index contributed by atoms with van der Waals surface area (Å²) < 4.78 is 11.2. The average molecular weight is 311 g/mol. The smallest absolute Gasteiger partial charge is 0.332 e. The first-order valence-corrected chi connectivity index (χ1v) is 8.37. The Bertz CT molecular complexity index is 446. The van der Waals surface area contributed by atoms with Crippen LogP contribution in [0.25, 0.3) is 0 Å². The zero-order chi connectivity index (χ0) is 15.7. The van der Waals surface area contributed by atoms with Crippen molar-refractivity contribution in [2.45, 2.75) is 76.2 Å². The highest BCUT2D eigenvalue weighted by atomic mass is 16.5. The second kappa shape index (κ2) is 6.16. The molecule has 1 spiro atoms. The predicted octanol–water partition coefficient (Wildman–Crippen LogP) is 1.47. The van der Waals surface area contributed by atoms with Crippen molar-refractivity contribution in [2.24, 2.45) is 5.41 Å². The SMILES string of the molecule is CCOC1CC(NC(=O)[C@@H]2CC[C@H](C(=O)O)O2)C12CCCC2. The summed E-state index contributed by atoms with van der Waals surface area (Å²) in [6.45, 7) is 2.71. The number of carboxylic acid groups (broad SMARTS) is 1. The maximum atomic E-state index is 12.4. The number of carbonyl (C=O) groups is 2. The molecule has 124 valence electrons. The van der Waals surface area contributed by atoms with Crippen LogP contribution in [-0.2, 0) is 19.1 Å². The molecule has 0 radical (unpaired) electrons. The molecule has 2 aliphatic carbocycles. The van der Waals surface area contributed by atoms with Gasteiger partial charge in [-0.1, -0.05) is 12.8 Å². The number of carboxylic acids is 1. The molecule has 0 aromatic carbocycles. The molecule has 6 heteroatoms. The van der Waals surface area contributed by atoms with E-state index in [0.29, 0.717) is 19.4 Å². The minimum atomic E-state index is -0.984. The van der Waals surface area contributed by atoms with E-state index in [1.54, 1.807) is 0 Å². The highest BCUT2D eigenvalue weighted by molar-refractivity contribution is 5.83. The topological polar surface area (TPSA) is 84.9 Å². The Morgan fingerprint density at radius 3 is 2.55 bits per heavy atom. The number of amides is 1. The maximum absolute atomic E-state index is 12.4. The van der Waals surface area contributed by atoms with E-state index in [2.05, 4.69) is 5.32 Å². The third kappa shape index (κ3) is 2.63. The Kier molecular flexibility index (Phi) is 4.41. The molecule has 4 atom stereocenters. The molecule has 1 aliphatic heterocycles. The summed E-state index contributed by atoms with van der Waals surface area (Å²) in [5.41, 5.74) is 0.0937. The van der Waals surface area contributed by atoms with Crippen molar-refractivity contribution < 1.29 is 24.2 Å². The first-order valence-electron chi connectivity index (χ1n) is 8.37. The van der Waals surface area contributed by atoms with Crippen LogP contribution in [0.5, 0.6) is 0 Å². The van der Waals surface area contributed by atoms with Gasteiger partial charge in [-0.05, 0) is 39.0 Å². The van der Waals surface area contributed by atoms with Gasteiger partial charge in [0.15, 0.2) is 6.10 Å². The number of nitrogens with one attached hydrogen (secondary N) is 1. The van der Waals surface area contributed by atoms with E-state index in [4.69, 9.17) is 14.6 Å². The first kappa shape index (κ1) is 15.7. The van der Waals surface area contributed by atoms with E-state index in [1.165, 1.54) is 12.8 Å². The summed E-state index contributed by atoms with van der Waals surface area (Å²) in [6, 6.07) is 0.145. The van der Waals surface area contributed by atoms with Gasteiger partial charge in [0.1, 0.15) is 6.10 Å². The summed E-state index contributed by atoms with van der Waals surface area (Å²) in [5.74, 6) is -1.14. The molecule has 3 fully saturated rings. The number of hydrogen-bond acceptors (Lipinski definition) is 4. The molecular weight excluding hydrogens is 286 g/mol. The predicted molar refractivity (Wildman–Crippen MR) is 78.4 cm³/mol. The van der Waals surface area contributed by atoms with Crippen molar-refractivity contribution >= 4 is 11.9 Å². The van der Waals surface area contributed by atoms with E-state index in [1.807, 2.05) is 6.92 Å². The lowest BCUT2D eigenvalue weighted by Gasteiger charge is -2.54. The Balaban J connectivity index is 1.57. The molecule has 6 nitrogen and oxygen atoms in total. The number of carbonyl (C=O) groups excluding carboxylic acids is 1. The Hall–Kier alpha value is -1.14. The van der Waals surface area contributed by atoms with Crippen molar-refractivity contribution in [1.29, 1.82) is 0 Å². The molecule has 3 rings (SSSR count). The third-order valence-electron chi connectivity index (χ3n) is 5.59. The van der Waals surface area contributed by atoms with Gasteiger partial charge < -0.3 is 19.9 Å². The second-order valence-corrected chi connectivity index (χ2v) is 6.71. The average Bonchev–Trinajstić information content (AvgIpc) is 3.16. The lowest BCUT2D eigenvalue weighted by Crippen LogP contribution is -2.64. The Morgan fingerprint density at radius 2 is 1.95 bits per heavy atom. The largest absolute Gasteiger partial charge is 0.479 e. The molecule has 2 unspecified atom stereocenters. The monoisotopic (exact) mass is 311 g/mol. The van der Waals surface area contributed by atoms with Crippen LogP contribution in [0.3, 0.4) is 0 Å². The summed E-state index contributed by atoms with van der Waals surface area (Å²) in [4.78, 5) is 23.3. The quantitative estimate of drug-likeness (QED) is 0.803. The van der Waals surface area contributed by atoms with Gasteiger partial charge in [-0.2, -0.15) is 0 Å². The van der Waals surface area contributed by atoms with Gasteiger partial charge in [0.2, 0.25) is 5.91 Å². The van der Waals surface area contributed by atoms with Gasteiger partial charge in [-0.3, -0.25) is 4.79 Å². The number of ether oxygens (including phenoxy) is 2. The fraction of sp³-hybridized carbons (Fsp3) is 0.875. The van der Waals surface area contributed by atoms with E-state index in [0.717, 1.165) is 19.3 Å². The van der Waals surface area contributed by atoms with Crippen LogP contribution in [0.1, 0.15) is 51.9 Å². The highest BCUT2D eigenvalue weighted by Gasteiger charge is 2.57. The fourth-order valence-corrected chi connectivity index (χ4v) is 4.37. The van der Waals surface area contributed by atoms with Crippen molar-refractivity contribution in [2.75, 3.05) is 6.61 Å². The fourth-order valence-electron chi connectivity index (χ4n) is 4.37. The van der Waals surface area contributed by atoms with Crippen molar-refractivity contribution in [3.05, 3.63) is 0 Å². The molecule has 1 heterocycles. The molecule has 0 bridgehead atoms. The van der Waals surface area contributed by atoms with Crippen LogP contribution >= 0.6 is 0 Å². The highest BCUT2D eigenvalue weighted by Crippen LogP contribution is 2.54. The third-order valence-corrected chi connectivity index (χ3v) is 5.59. The van der Waals surface area contributed by atoms with E-state index in [-0.39, 0.29) is 23.5 Å². The van der Waals surface area contributed by atoms with Gasteiger partial charge >= 0.3 is 5.97 Å². The van der Waals surface area contributed by atoms with Crippen LogP contribution in [0.2, 0.25) is 0 Å². The summed E-state index contributed by atoms with van der Waals surface area (Å²) in [7, 11) is 0. The summed E-state index contributed by atoms with van der Waals surface area (Å²) in [5, 5.41) is 12.0. The van der Waals surface area contributed by atoms with Crippen LogP contribution < -0.4 is 5.32 Å². The van der Waals surface area contributed by atoms with Gasteiger partial charge in [0.25, 0.3) is 0 Å². The van der Waals surface area contributed by atoms with Crippen LogP contribution in [0, 0.1) is 5.41 Å². The van der Waals surface area contributed by atoms with E-state index < -0.39 is 18.2 Å². The molecule has 1 amide bonds.